The zero-order chi connectivity index (χ0) is 20.9. The van der Waals surface area contributed by atoms with Gasteiger partial charge in [0.25, 0.3) is 5.91 Å². The number of nitrogens with one attached hydrogen (secondary N) is 2. The predicted octanol–water partition coefficient (Wildman–Crippen LogP) is 4.14. The summed E-state index contributed by atoms with van der Waals surface area (Å²) in [5.74, 6) is 0.0228. The molecule has 3 heterocycles. The monoisotopic (exact) mass is 409 g/mol. The van der Waals surface area contributed by atoms with Gasteiger partial charge in [-0.1, -0.05) is 12.1 Å². The van der Waals surface area contributed by atoms with Crippen LogP contribution in [0, 0.1) is 0 Å². The average Bonchev–Trinajstić information content (AvgIpc) is 3.48. The Morgan fingerprint density at radius 3 is 2.84 bits per heavy atom. The molecule has 0 bridgehead atoms. The first-order valence-electron chi connectivity index (χ1n) is 10.7. The van der Waals surface area contributed by atoms with Gasteiger partial charge in [0.1, 0.15) is 0 Å². The summed E-state index contributed by atoms with van der Waals surface area (Å²) in [6, 6.07) is 14.7. The number of amides is 1. The highest BCUT2D eigenvalue weighted by atomic mass is 16.1. The predicted molar refractivity (Wildman–Crippen MR) is 121 cm³/mol. The Bertz CT molecular complexity index is 1370. The Hall–Kier alpha value is -3.67. The second-order valence-electron chi connectivity index (χ2n) is 8.36. The van der Waals surface area contributed by atoms with E-state index in [1.165, 1.54) is 22.2 Å². The number of H-pyrrole nitrogens is 1. The number of aromatic amines is 1. The first kappa shape index (κ1) is 18.1. The molecule has 6 rings (SSSR count). The van der Waals surface area contributed by atoms with Crippen LogP contribution >= 0.6 is 0 Å². The lowest BCUT2D eigenvalue weighted by molar-refractivity contribution is 0.0966. The van der Waals surface area contributed by atoms with E-state index in [-0.39, 0.29) is 5.91 Å². The Kier molecular flexibility index (Phi) is 4.06. The minimum Gasteiger partial charge on any atom is -0.353 e. The van der Waals surface area contributed by atoms with Gasteiger partial charge in [-0.25, -0.2) is 0 Å². The summed E-state index contributed by atoms with van der Waals surface area (Å²) in [5, 5.41) is 8.41. The van der Waals surface area contributed by atoms with Crippen molar-refractivity contribution in [1.29, 1.82) is 0 Å². The average molecular weight is 409 g/mol. The molecule has 1 aliphatic carbocycles. The van der Waals surface area contributed by atoms with E-state index < -0.39 is 0 Å². The van der Waals surface area contributed by atoms with Gasteiger partial charge in [-0.3, -0.25) is 14.5 Å². The van der Waals surface area contributed by atoms with Gasteiger partial charge >= 0.3 is 0 Å². The van der Waals surface area contributed by atoms with E-state index in [0.29, 0.717) is 13.1 Å². The van der Waals surface area contributed by atoms with E-state index in [0.717, 1.165) is 52.9 Å². The van der Waals surface area contributed by atoms with Gasteiger partial charge in [0.05, 0.1) is 23.6 Å². The molecule has 2 N–H and O–H groups in total. The number of aromatic nitrogens is 3. The third-order valence-corrected chi connectivity index (χ3v) is 6.51. The number of rotatable bonds is 3. The second kappa shape index (κ2) is 6.94. The molecule has 0 fully saturated rings. The molecule has 0 saturated heterocycles. The molecular weight excluding hydrogens is 386 g/mol. The molecule has 154 valence electrons. The summed E-state index contributed by atoms with van der Waals surface area (Å²) in [4.78, 5) is 20.4. The van der Waals surface area contributed by atoms with Crippen molar-refractivity contribution in [2.45, 2.75) is 32.4 Å². The molecule has 0 atom stereocenters. The number of carbonyl (C=O) groups is 1. The van der Waals surface area contributed by atoms with Gasteiger partial charge in [0, 0.05) is 36.3 Å². The molecule has 0 saturated carbocycles. The van der Waals surface area contributed by atoms with Crippen LogP contribution in [0.2, 0.25) is 0 Å². The van der Waals surface area contributed by atoms with Gasteiger partial charge in [-0.15, -0.1) is 0 Å². The summed E-state index contributed by atoms with van der Waals surface area (Å²) in [7, 11) is 1.96. The first-order chi connectivity index (χ1) is 15.2. The van der Waals surface area contributed by atoms with Crippen molar-refractivity contribution in [3.05, 3.63) is 76.7 Å². The van der Waals surface area contributed by atoms with E-state index in [2.05, 4.69) is 39.7 Å². The molecule has 31 heavy (non-hydrogen) atoms. The summed E-state index contributed by atoms with van der Waals surface area (Å²) >= 11 is 0. The fraction of sp³-hybridized carbons (Fsp3) is 0.240. The fourth-order valence-electron chi connectivity index (χ4n) is 4.79. The maximum Gasteiger partial charge on any atom is 0.251 e. The van der Waals surface area contributed by atoms with Crippen LogP contribution in [-0.4, -0.2) is 26.4 Å². The number of hydrogen-bond donors (Lipinski definition) is 2. The van der Waals surface area contributed by atoms with Gasteiger partial charge < -0.3 is 10.3 Å². The molecule has 2 aromatic carbocycles. The third kappa shape index (κ3) is 2.98. The molecule has 1 aliphatic heterocycles. The van der Waals surface area contributed by atoms with Crippen LogP contribution in [0.4, 0.5) is 0 Å². The highest BCUT2D eigenvalue weighted by Gasteiger charge is 2.22. The number of hydrogen-bond acceptors (Lipinski definition) is 3. The van der Waals surface area contributed by atoms with Crippen molar-refractivity contribution in [2.24, 2.45) is 12.0 Å². The Morgan fingerprint density at radius 2 is 1.97 bits per heavy atom. The third-order valence-electron chi connectivity index (χ3n) is 6.51. The molecule has 2 aromatic heterocycles. The molecule has 6 nitrogen and oxygen atoms in total. The number of fused-ring (bicyclic) bond motifs is 4. The lowest BCUT2D eigenvalue weighted by Crippen LogP contribution is -2.12. The van der Waals surface area contributed by atoms with Gasteiger partial charge in [-0.2, -0.15) is 5.10 Å². The summed E-state index contributed by atoms with van der Waals surface area (Å²) in [6.45, 7) is 1.26. The smallest absolute Gasteiger partial charge is 0.251 e. The molecule has 4 aromatic rings. The maximum absolute atomic E-state index is 11.9. The molecule has 0 radical (unpaired) electrons. The molecule has 0 spiro atoms. The standard InChI is InChI=1S/C25H23N5O/c1-30-18(9-10-28-30)14-26-23-4-2-3-20-21-12-16(6-8-22(21)29-24(20)23)15-5-7-19-17(11-15)13-27-25(19)31/h5-12,29H,2-4,13-14H2,1H3,(H,27,31). The van der Waals surface area contributed by atoms with Gasteiger partial charge in [0.2, 0.25) is 0 Å². The van der Waals surface area contributed by atoms with Crippen molar-refractivity contribution >= 4 is 22.5 Å². The molecular formula is C25H23N5O. The summed E-state index contributed by atoms with van der Waals surface area (Å²) in [6.07, 6.45) is 4.99. The first-order valence-corrected chi connectivity index (χ1v) is 10.7. The highest BCUT2D eigenvalue weighted by molar-refractivity contribution is 6.07. The van der Waals surface area contributed by atoms with Crippen LogP contribution in [0.1, 0.15) is 45.7 Å². The maximum atomic E-state index is 11.9. The Morgan fingerprint density at radius 1 is 1.10 bits per heavy atom. The lowest BCUT2D eigenvalue weighted by atomic mass is 9.92. The number of aryl methyl sites for hydroxylation is 2. The van der Waals surface area contributed by atoms with Crippen LogP contribution in [0.25, 0.3) is 22.0 Å². The van der Waals surface area contributed by atoms with Gasteiger partial charge in [-0.05, 0) is 71.8 Å². The van der Waals surface area contributed by atoms with Crippen molar-refractivity contribution in [3.8, 4) is 11.1 Å². The van der Waals surface area contributed by atoms with Crippen molar-refractivity contribution in [2.75, 3.05) is 0 Å². The largest absolute Gasteiger partial charge is 0.353 e. The zero-order valence-corrected chi connectivity index (χ0v) is 17.4. The lowest BCUT2D eigenvalue weighted by Gasteiger charge is -2.14. The number of nitrogens with zero attached hydrogens (tertiary/aromatic N) is 3. The SMILES string of the molecule is Cn1nccc1CN=C1CCCc2c1[nH]c1ccc(-c3ccc4c(c3)CNC4=O)cc21. The van der Waals surface area contributed by atoms with Crippen molar-refractivity contribution in [3.63, 3.8) is 0 Å². The van der Waals surface area contributed by atoms with Crippen LogP contribution in [0.15, 0.2) is 53.7 Å². The summed E-state index contributed by atoms with van der Waals surface area (Å²) < 4.78 is 1.88. The van der Waals surface area contributed by atoms with E-state index in [9.17, 15) is 4.79 Å². The topological polar surface area (TPSA) is 75.1 Å². The van der Waals surface area contributed by atoms with E-state index in [4.69, 9.17) is 4.99 Å². The Balaban J connectivity index is 1.39. The zero-order valence-electron chi connectivity index (χ0n) is 17.4. The number of benzene rings is 2. The minimum atomic E-state index is 0.0228. The van der Waals surface area contributed by atoms with Crippen molar-refractivity contribution in [1.82, 2.24) is 20.1 Å². The molecule has 6 heteroatoms. The van der Waals surface area contributed by atoms with E-state index in [1.807, 2.05) is 36.1 Å². The summed E-state index contributed by atoms with van der Waals surface area (Å²) in [5.41, 5.74) is 10.2. The second-order valence-corrected chi connectivity index (χ2v) is 8.36. The highest BCUT2D eigenvalue weighted by Crippen LogP contribution is 2.33. The number of aliphatic imine (C=N–C) groups is 1. The van der Waals surface area contributed by atoms with Gasteiger partial charge in [0.15, 0.2) is 0 Å². The fourth-order valence-corrected chi connectivity index (χ4v) is 4.79. The molecule has 0 unspecified atom stereocenters. The quantitative estimate of drug-likeness (QED) is 0.534. The van der Waals surface area contributed by atoms with Crippen LogP contribution in [-0.2, 0) is 26.6 Å². The van der Waals surface area contributed by atoms with Crippen LogP contribution in [0.3, 0.4) is 0 Å². The Labute approximate surface area is 180 Å². The van der Waals surface area contributed by atoms with Crippen LogP contribution in [0.5, 0.6) is 0 Å². The normalized spacial score (nSPS) is 16.5. The minimum absolute atomic E-state index is 0.0228. The molecule has 2 aliphatic rings. The van der Waals surface area contributed by atoms with Crippen molar-refractivity contribution < 1.29 is 4.79 Å². The van der Waals surface area contributed by atoms with Crippen LogP contribution < -0.4 is 5.32 Å². The number of carbonyl (C=O) groups excluding carboxylic acids is 1. The van der Waals surface area contributed by atoms with E-state index in [1.54, 1.807) is 0 Å². The van der Waals surface area contributed by atoms with E-state index >= 15 is 0 Å². The molecule has 1 amide bonds.